The van der Waals surface area contributed by atoms with Crippen LogP contribution < -0.4 is 25.8 Å². The number of aliphatic hydroxyl groups is 1. The number of aromatic amines is 3. The molecule has 0 aliphatic carbocycles. The fraction of sp³-hybridized carbons (Fsp3) is 0.391. The van der Waals surface area contributed by atoms with E-state index in [1.165, 1.54) is 7.11 Å². The van der Waals surface area contributed by atoms with Crippen molar-refractivity contribution in [3.05, 3.63) is 88.4 Å². The van der Waals surface area contributed by atoms with E-state index in [-0.39, 0.29) is 43.4 Å². The van der Waals surface area contributed by atoms with Gasteiger partial charge in [0.1, 0.15) is 31.0 Å². The Morgan fingerprint density at radius 1 is 0.821 bits per heavy atom. The molecule has 3 aromatic heterocycles. The number of aromatic nitrogens is 3. The van der Waals surface area contributed by atoms with Gasteiger partial charge in [0.15, 0.2) is 0 Å². The number of fused-ring (bicyclic) bond motifs is 9. The zero-order valence-corrected chi connectivity index (χ0v) is 38.0. The maximum atomic E-state index is 14.2. The number of amides is 5. The van der Waals surface area contributed by atoms with Crippen LogP contribution in [0.4, 0.5) is 21.9 Å². The van der Waals surface area contributed by atoms with Gasteiger partial charge >= 0.3 is 13.9 Å². The number of anilines is 3. The van der Waals surface area contributed by atoms with Gasteiger partial charge in [0.25, 0.3) is 17.7 Å². The molecule has 19 nitrogen and oxygen atoms in total. The number of phosphoric ester groups is 1. The number of primary amides is 1. The summed E-state index contributed by atoms with van der Waals surface area (Å²) < 4.78 is 33.7. The predicted octanol–water partition coefficient (Wildman–Crippen LogP) is 4.14. The summed E-state index contributed by atoms with van der Waals surface area (Å²) in [5.74, 6) is -0.625. The Morgan fingerprint density at radius 3 is 1.87 bits per heavy atom. The summed E-state index contributed by atoms with van der Waals surface area (Å²) in [6.07, 6.45) is 1.51. The number of nitrogens with two attached hydrogens (primary N) is 1. The summed E-state index contributed by atoms with van der Waals surface area (Å²) >= 11 is 0. The number of rotatable bonds is 15. The van der Waals surface area contributed by atoms with Crippen molar-refractivity contribution >= 4 is 89.2 Å². The van der Waals surface area contributed by atoms with E-state index in [0.717, 1.165) is 66.5 Å². The highest BCUT2D eigenvalue weighted by Gasteiger charge is 2.40. The van der Waals surface area contributed by atoms with E-state index in [2.05, 4.69) is 20.3 Å². The molecule has 1 fully saturated rings. The van der Waals surface area contributed by atoms with Crippen molar-refractivity contribution in [3.63, 3.8) is 0 Å². The van der Waals surface area contributed by atoms with Crippen LogP contribution in [0.15, 0.2) is 54.6 Å². The lowest BCUT2D eigenvalue weighted by molar-refractivity contribution is -0.0226. The Morgan fingerprint density at radius 2 is 1.33 bits per heavy atom. The lowest BCUT2D eigenvalue weighted by Crippen LogP contribution is -2.33. The number of nitrogens with one attached hydrogen (secondary N) is 4. The van der Waals surface area contributed by atoms with Gasteiger partial charge in [-0.15, -0.1) is 0 Å². The summed E-state index contributed by atoms with van der Waals surface area (Å²) in [6.45, 7) is 1.62. The minimum atomic E-state index is -4.44. The molecular formula is C46H52BN8O11P. The molecule has 1 saturated heterocycles. The lowest BCUT2D eigenvalue weighted by atomic mass is 9.96. The van der Waals surface area contributed by atoms with E-state index in [9.17, 15) is 33.7 Å². The molecule has 0 radical (unpaired) electrons. The Labute approximate surface area is 385 Å². The summed E-state index contributed by atoms with van der Waals surface area (Å²) in [4.78, 5) is 78.5. The number of aliphatic hydroxyl groups excluding tert-OH is 1. The molecule has 4 aliphatic heterocycles. The van der Waals surface area contributed by atoms with Gasteiger partial charge in [-0.25, -0.2) is 9.36 Å². The molecule has 0 saturated carbocycles. The number of methoxy groups -OCH3 is 1. The first-order valence-corrected chi connectivity index (χ1v) is 24.2. The number of urea groups is 1. The quantitative estimate of drug-likeness (QED) is 0.0438. The Bertz CT molecular complexity index is 3010. The van der Waals surface area contributed by atoms with Gasteiger partial charge in [-0.3, -0.25) is 28.3 Å². The number of nitrogens with zero attached hydrogens (tertiary/aromatic N) is 3. The second-order valence-electron chi connectivity index (χ2n) is 17.8. The van der Waals surface area contributed by atoms with Crippen molar-refractivity contribution in [3.8, 4) is 0 Å². The number of benzene rings is 3. The van der Waals surface area contributed by atoms with Crippen LogP contribution in [0.2, 0.25) is 0 Å². The normalized spacial score (nSPS) is 20.2. The van der Waals surface area contributed by atoms with Crippen LogP contribution in [0.25, 0.3) is 32.7 Å². The van der Waals surface area contributed by atoms with E-state index >= 15 is 0 Å². The van der Waals surface area contributed by atoms with Crippen molar-refractivity contribution in [1.82, 2.24) is 20.3 Å². The van der Waals surface area contributed by atoms with Gasteiger partial charge < -0.3 is 55.3 Å². The van der Waals surface area contributed by atoms with Crippen molar-refractivity contribution in [2.45, 2.75) is 69.3 Å². The standard InChI is InChI=1S/C46H52BN8O11P/c1-63-23-41-40(21-42(47)65-41)66-67(61,62)64-22-24(56)4-2-3-14-49-43(57)34-18-28-25-11-15-53(37(25)8-5-31(28)50-34)44(58)35-19-29-26-12-16-54(38(26)9-6-32(29)51-35)45(59)36-20-30-27-13-17-55(46(48)60)39(27)10-7-33(30)52-36/h5-10,18-20,24,40-42,50-52,56H,2-4,11-17,21-23,47H2,1H3,(H2,48,60)(H,49,57)(H,61,62). The van der Waals surface area contributed by atoms with Crippen LogP contribution in [0.1, 0.15) is 73.8 Å². The lowest BCUT2D eigenvalue weighted by Gasteiger charge is -2.21. The van der Waals surface area contributed by atoms with Crippen LogP contribution in [0.3, 0.4) is 0 Å². The molecule has 5 atom stereocenters. The summed E-state index contributed by atoms with van der Waals surface area (Å²) in [7, 11) is -1.09. The second kappa shape index (κ2) is 17.9. The van der Waals surface area contributed by atoms with E-state index in [0.29, 0.717) is 81.8 Å². The zero-order valence-electron chi connectivity index (χ0n) is 37.1. The third kappa shape index (κ3) is 8.52. The molecule has 10 rings (SSSR count). The molecule has 8 N–H and O–H groups in total. The summed E-state index contributed by atoms with van der Waals surface area (Å²) in [5.41, 5.74) is 14.6. The molecule has 350 valence electrons. The highest BCUT2D eigenvalue weighted by molar-refractivity contribution is 7.47. The number of hydrogen-bond donors (Lipinski definition) is 7. The van der Waals surface area contributed by atoms with E-state index in [1.807, 2.05) is 62.4 Å². The molecule has 5 unspecified atom stereocenters. The number of ether oxygens (including phenoxy) is 2. The summed E-state index contributed by atoms with van der Waals surface area (Å²) in [5, 5.41) is 16.0. The number of unbranched alkanes of at least 4 members (excludes halogenated alkanes) is 1. The number of carbonyl (C=O) groups excluding carboxylic acids is 4. The first kappa shape index (κ1) is 44.8. The number of phosphoric acid groups is 1. The largest absolute Gasteiger partial charge is 0.472 e. The molecule has 7 heterocycles. The van der Waals surface area contributed by atoms with Gasteiger partial charge in [0.05, 0.1) is 25.4 Å². The first-order chi connectivity index (χ1) is 32.3. The van der Waals surface area contributed by atoms with Crippen LogP contribution in [0, 0.1) is 0 Å². The molecule has 0 spiro atoms. The third-order valence-electron chi connectivity index (χ3n) is 13.4. The molecule has 6 aromatic rings. The van der Waals surface area contributed by atoms with Crippen molar-refractivity contribution in [1.29, 1.82) is 0 Å². The number of carbonyl (C=O) groups is 4. The highest BCUT2D eigenvalue weighted by atomic mass is 31.2. The predicted molar refractivity (Wildman–Crippen MR) is 253 cm³/mol. The van der Waals surface area contributed by atoms with Gasteiger partial charge in [0.2, 0.25) is 0 Å². The van der Waals surface area contributed by atoms with Crippen molar-refractivity contribution in [2.75, 3.05) is 61.2 Å². The molecule has 67 heavy (non-hydrogen) atoms. The van der Waals surface area contributed by atoms with E-state index in [4.69, 9.17) is 24.3 Å². The average Bonchev–Trinajstić information content (AvgIpc) is 4.16. The maximum Gasteiger partial charge on any atom is 0.472 e. The monoisotopic (exact) mass is 934 g/mol. The fourth-order valence-corrected chi connectivity index (χ4v) is 11.2. The Kier molecular flexibility index (Phi) is 12.0. The Balaban J connectivity index is 0.740. The van der Waals surface area contributed by atoms with Gasteiger partial charge in [-0.05, 0) is 116 Å². The average molecular weight is 935 g/mol. The molecule has 4 aliphatic rings. The summed E-state index contributed by atoms with van der Waals surface area (Å²) in [6, 6.07) is 16.2. The molecule has 3 aromatic carbocycles. The van der Waals surface area contributed by atoms with Crippen LogP contribution in [-0.2, 0) is 42.3 Å². The topological polar surface area (TPSA) is 258 Å². The molecule has 0 bridgehead atoms. The molecule has 21 heteroatoms. The maximum absolute atomic E-state index is 14.2. The zero-order chi connectivity index (χ0) is 46.7. The molecular weight excluding hydrogens is 882 g/mol. The van der Waals surface area contributed by atoms with Crippen LogP contribution >= 0.6 is 7.82 Å². The fourth-order valence-electron chi connectivity index (χ4n) is 10.2. The van der Waals surface area contributed by atoms with Gasteiger partial charge in [-0.1, -0.05) is 0 Å². The van der Waals surface area contributed by atoms with Gasteiger partial charge in [-0.2, -0.15) is 0 Å². The van der Waals surface area contributed by atoms with Crippen LogP contribution in [0.5, 0.6) is 0 Å². The van der Waals surface area contributed by atoms with Crippen molar-refractivity contribution < 1.29 is 52.3 Å². The van der Waals surface area contributed by atoms with Crippen LogP contribution in [-0.4, -0.2) is 127 Å². The smallest absolute Gasteiger partial charge is 0.391 e. The molecule has 5 amide bonds. The van der Waals surface area contributed by atoms with E-state index in [1.54, 1.807) is 14.7 Å². The SMILES string of the molecule is BC1CC(OP(=O)(O)OCC(O)CCCCNC(=O)c2cc3c4c(ccc3[nH]2)N(C(=O)c2cc3c5c(ccc3[nH]2)N(C(=O)c2cc3c6c(ccc3[nH]2)N(C(N)=O)CC6)CC5)CC4)C(COC)O1. The highest BCUT2D eigenvalue weighted by Crippen LogP contribution is 2.47. The van der Waals surface area contributed by atoms with Crippen molar-refractivity contribution in [2.24, 2.45) is 5.73 Å². The minimum Gasteiger partial charge on any atom is -0.391 e. The Hall–Kier alpha value is -5.99. The van der Waals surface area contributed by atoms with Gasteiger partial charge in [0, 0.05) is 89.1 Å². The van der Waals surface area contributed by atoms with E-state index < -0.39 is 32.2 Å². The minimum absolute atomic E-state index is 0.156. The second-order valence-corrected chi connectivity index (χ2v) is 19.2. The number of hydrogen-bond acceptors (Lipinski definition) is 10. The first-order valence-electron chi connectivity index (χ1n) is 22.7. The third-order valence-corrected chi connectivity index (χ3v) is 14.4. The number of H-pyrrole nitrogens is 3.